The number of sulfone groups is 1. The Morgan fingerprint density at radius 3 is 2.69 bits per heavy atom. The van der Waals surface area contributed by atoms with Crippen LogP contribution in [0, 0.1) is 6.92 Å². The molecule has 1 rings (SSSR count). The number of hydrogen-bond donors (Lipinski definition) is 0. The Labute approximate surface area is 97.4 Å². The van der Waals surface area contributed by atoms with E-state index in [1.54, 1.807) is 0 Å². The van der Waals surface area contributed by atoms with Crippen molar-refractivity contribution in [1.29, 1.82) is 0 Å². The van der Waals surface area contributed by atoms with Crippen LogP contribution < -0.4 is 0 Å². The second kappa shape index (κ2) is 6.01. The van der Waals surface area contributed by atoms with Crippen LogP contribution in [0.25, 0.3) is 0 Å². The van der Waals surface area contributed by atoms with Crippen molar-refractivity contribution >= 4 is 9.84 Å². The van der Waals surface area contributed by atoms with Gasteiger partial charge in [0.25, 0.3) is 0 Å². The second-order valence-electron chi connectivity index (χ2n) is 3.78. The zero-order chi connectivity index (χ0) is 12.0. The number of ether oxygens (including phenoxy) is 1. The molecule has 0 heterocycles. The summed E-state index contributed by atoms with van der Waals surface area (Å²) in [6.07, 6.45) is 0. The van der Waals surface area contributed by atoms with Gasteiger partial charge in [-0.3, -0.25) is 0 Å². The average Bonchev–Trinajstić information content (AvgIpc) is 2.17. The monoisotopic (exact) mass is 242 g/mol. The van der Waals surface area contributed by atoms with E-state index in [9.17, 15) is 8.42 Å². The summed E-state index contributed by atoms with van der Waals surface area (Å²) in [5.41, 5.74) is 1.93. The summed E-state index contributed by atoms with van der Waals surface area (Å²) >= 11 is 0. The third kappa shape index (κ3) is 4.77. The number of benzene rings is 1. The largest absolute Gasteiger partial charge is 0.381 e. The van der Waals surface area contributed by atoms with E-state index in [0.29, 0.717) is 6.61 Å². The van der Waals surface area contributed by atoms with Gasteiger partial charge in [-0.05, 0) is 19.4 Å². The van der Waals surface area contributed by atoms with E-state index in [1.165, 1.54) is 0 Å². The molecule has 3 nitrogen and oxygen atoms in total. The first-order valence-electron chi connectivity index (χ1n) is 5.37. The van der Waals surface area contributed by atoms with Crippen molar-refractivity contribution in [2.75, 3.05) is 19.0 Å². The molecule has 0 aliphatic heterocycles. The van der Waals surface area contributed by atoms with E-state index >= 15 is 0 Å². The van der Waals surface area contributed by atoms with Gasteiger partial charge in [-0.2, -0.15) is 0 Å². The predicted molar refractivity (Wildman–Crippen MR) is 65.2 cm³/mol. The molecule has 0 aromatic heterocycles. The molecule has 1 aromatic rings. The average molecular weight is 242 g/mol. The Kier molecular flexibility index (Phi) is 4.96. The van der Waals surface area contributed by atoms with Gasteiger partial charge in [0.05, 0.1) is 18.1 Å². The highest BCUT2D eigenvalue weighted by Crippen LogP contribution is 2.09. The van der Waals surface area contributed by atoms with Gasteiger partial charge in [0.15, 0.2) is 9.84 Å². The molecule has 0 saturated heterocycles. The minimum Gasteiger partial charge on any atom is -0.381 e. The van der Waals surface area contributed by atoms with Gasteiger partial charge in [-0.15, -0.1) is 0 Å². The smallest absolute Gasteiger partial charge is 0.156 e. The van der Waals surface area contributed by atoms with Crippen LogP contribution in [0.2, 0.25) is 0 Å². The van der Waals surface area contributed by atoms with Crippen molar-refractivity contribution in [1.82, 2.24) is 0 Å². The number of rotatable bonds is 6. The maximum atomic E-state index is 11.7. The lowest BCUT2D eigenvalue weighted by molar-refractivity contribution is 0.163. The lowest BCUT2D eigenvalue weighted by Crippen LogP contribution is -2.14. The molecule has 0 atom stereocenters. The molecule has 0 aliphatic rings. The van der Waals surface area contributed by atoms with Gasteiger partial charge < -0.3 is 4.74 Å². The molecule has 0 unspecified atom stereocenters. The number of aryl methyl sites for hydroxylation is 1. The van der Waals surface area contributed by atoms with Crippen molar-refractivity contribution in [2.24, 2.45) is 0 Å². The van der Waals surface area contributed by atoms with Gasteiger partial charge >= 0.3 is 0 Å². The van der Waals surface area contributed by atoms with Crippen LogP contribution in [0.5, 0.6) is 0 Å². The van der Waals surface area contributed by atoms with E-state index in [4.69, 9.17) is 4.74 Å². The fourth-order valence-electron chi connectivity index (χ4n) is 1.46. The summed E-state index contributed by atoms with van der Waals surface area (Å²) in [6, 6.07) is 7.57. The summed E-state index contributed by atoms with van der Waals surface area (Å²) in [6.45, 7) is 4.65. The molecule has 1 aromatic carbocycles. The van der Waals surface area contributed by atoms with Crippen molar-refractivity contribution in [3.8, 4) is 0 Å². The van der Waals surface area contributed by atoms with Crippen LogP contribution in [0.3, 0.4) is 0 Å². The first-order valence-corrected chi connectivity index (χ1v) is 7.19. The highest BCUT2D eigenvalue weighted by molar-refractivity contribution is 7.90. The number of hydrogen-bond acceptors (Lipinski definition) is 3. The van der Waals surface area contributed by atoms with Crippen molar-refractivity contribution < 1.29 is 13.2 Å². The van der Waals surface area contributed by atoms with Gasteiger partial charge in [-0.25, -0.2) is 8.42 Å². The molecular weight excluding hydrogens is 224 g/mol. The standard InChI is InChI=1S/C12H18O3S/c1-3-15-7-8-16(13,14)10-12-6-4-5-11(2)9-12/h4-6,9H,3,7-8,10H2,1-2H3. The second-order valence-corrected chi connectivity index (χ2v) is 5.96. The first kappa shape index (κ1) is 13.2. The van der Waals surface area contributed by atoms with Gasteiger partial charge in [0.2, 0.25) is 0 Å². The highest BCUT2D eigenvalue weighted by atomic mass is 32.2. The third-order valence-corrected chi connectivity index (χ3v) is 3.77. The van der Waals surface area contributed by atoms with E-state index in [0.717, 1.165) is 11.1 Å². The Morgan fingerprint density at radius 2 is 2.06 bits per heavy atom. The molecule has 0 saturated carbocycles. The molecule has 90 valence electrons. The fraction of sp³-hybridized carbons (Fsp3) is 0.500. The topological polar surface area (TPSA) is 43.4 Å². The van der Waals surface area contributed by atoms with Crippen LogP contribution in [0.4, 0.5) is 0 Å². The Bertz CT molecular complexity index is 424. The molecule has 0 fully saturated rings. The van der Waals surface area contributed by atoms with E-state index < -0.39 is 9.84 Å². The Morgan fingerprint density at radius 1 is 1.31 bits per heavy atom. The van der Waals surface area contributed by atoms with Crippen molar-refractivity contribution in [2.45, 2.75) is 19.6 Å². The van der Waals surface area contributed by atoms with Crippen molar-refractivity contribution in [3.05, 3.63) is 35.4 Å². The Hall–Kier alpha value is -0.870. The summed E-state index contributed by atoms with van der Waals surface area (Å²) < 4.78 is 28.5. The van der Waals surface area contributed by atoms with Gasteiger partial charge in [0, 0.05) is 6.61 Å². The zero-order valence-corrected chi connectivity index (χ0v) is 10.6. The molecule has 16 heavy (non-hydrogen) atoms. The van der Waals surface area contributed by atoms with E-state index in [2.05, 4.69) is 0 Å². The van der Waals surface area contributed by atoms with Gasteiger partial charge in [0.1, 0.15) is 0 Å². The molecule has 0 aliphatic carbocycles. The molecule has 0 spiro atoms. The molecule has 0 bridgehead atoms. The molecule has 4 heteroatoms. The molecule has 0 amide bonds. The molecular formula is C12H18O3S. The SMILES string of the molecule is CCOCCS(=O)(=O)Cc1cccc(C)c1. The maximum absolute atomic E-state index is 11.7. The highest BCUT2D eigenvalue weighted by Gasteiger charge is 2.11. The summed E-state index contributed by atoms with van der Waals surface area (Å²) in [4.78, 5) is 0. The predicted octanol–water partition coefficient (Wildman–Crippen LogP) is 1.95. The molecule has 0 radical (unpaired) electrons. The zero-order valence-electron chi connectivity index (χ0n) is 9.77. The summed E-state index contributed by atoms with van der Waals surface area (Å²) in [7, 11) is -3.05. The maximum Gasteiger partial charge on any atom is 0.156 e. The van der Waals surface area contributed by atoms with Crippen LogP contribution in [0.15, 0.2) is 24.3 Å². The fourth-order valence-corrected chi connectivity index (χ4v) is 2.66. The minimum atomic E-state index is -3.05. The van der Waals surface area contributed by atoms with Crippen LogP contribution >= 0.6 is 0 Å². The van der Waals surface area contributed by atoms with E-state index in [-0.39, 0.29) is 18.1 Å². The third-order valence-electron chi connectivity index (χ3n) is 2.21. The van der Waals surface area contributed by atoms with Gasteiger partial charge in [-0.1, -0.05) is 29.8 Å². The summed E-state index contributed by atoms with van der Waals surface area (Å²) in [5, 5.41) is 0. The Balaban J connectivity index is 2.59. The van der Waals surface area contributed by atoms with Crippen LogP contribution in [-0.2, 0) is 20.3 Å². The lowest BCUT2D eigenvalue weighted by atomic mass is 10.2. The van der Waals surface area contributed by atoms with Crippen molar-refractivity contribution in [3.63, 3.8) is 0 Å². The first-order chi connectivity index (χ1) is 7.53. The van der Waals surface area contributed by atoms with E-state index in [1.807, 2.05) is 38.1 Å². The quantitative estimate of drug-likeness (QED) is 0.716. The van der Waals surface area contributed by atoms with Crippen LogP contribution in [0.1, 0.15) is 18.1 Å². The van der Waals surface area contributed by atoms with Crippen LogP contribution in [-0.4, -0.2) is 27.4 Å². The lowest BCUT2D eigenvalue weighted by Gasteiger charge is -2.05. The normalized spacial score (nSPS) is 11.6. The molecule has 0 N–H and O–H groups in total. The minimum absolute atomic E-state index is 0.0920. The summed E-state index contributed by atoms with van der Waals surface area (Å²) in [5.74, 6) is 0.191.